The molecule has 0 aliphatic carbocycles. The highest BCUT2D eigenvalue weighted by molar-refractivity contribution is 8.00. The van der Waals surface area contributed by atoms with Crippen LogP contribution in [0.1, 0.15) is 0 Å². The molecule has 0 saturated carbocycles. The summed E-state index contributed by atoms with van der Waals surface area (Å²) in [6.07, 6.45) is 0. The first-order valence-electron chi connectivity index (χ1n) is 8.83. The number of nitrogens with one attached hydrogen (secondary N) is 1. The predicted molar refractivity (Wildman–Crippen MR) is 112 cm³/mol. The highest BCUT2D eigenvalue weighted by Gasteiger charge is 2.13. The van der Waals surface area contributed by atoms with Crippen molar-refractivity contribution in [1.29, 1.82) is 0 Å². The number of hydrogen-bond acceptors (Lipinski definition) is 5. The maximum Gasteiger partial charge on any atom is 0.234 e. The van der Waals surface area contributed by atoms with E-state index < -0.39 is 5.82 Å². The van der Waals surface area contributed by atoms with E-state index in [9.17, 15) is 14.3 Å². The van der Waals surface area contributed by atoms with Crippen molar-refractivity contribution in [2.24, 2.45) is 0 Å². The molecule has 0 spiro atoms. The third-order valence-electron chi connectivity index (χ3n) is 4.17. The average Bonchev–Trinajstić information content (AvgIpc) is 2.74. The van der Waals surface area contributed by atoms with E-state index >= 15 is 0 Å². The molecular weight excluding hydrogens is 389 g/mol. The van der Waals surface area contributed by atoms with Crippen LogP contribution in [0.2, 0.25) is 0 Å². The molecule has 0 atom stereocenters. The summed E-state index contributed by atoms with van der Waals surface area (Å²) in [6.45, 7) is 0. The van der Waals surface area contributed by atoms with Crippen molar-refractivity contribution in [2.45, 2.75) is 5.03 Å². The number of hydrogen-bond donors (Lipinski definition) is 2. The highest BCUT2D eigenvalue weighted by Crippen LogP contribution is 2.29. The van der Waals surface area contributed by atoms with Gasteiger partial charge in [0.2, 0.25) is 5.91 Å². The molecule has 0 fully saturated rings. The number of carbonyl (C=O) groups excluding carboxylic acids is 1. The molecule has 29 heavy (non-hydrogen) atoms. The lowest BCUT2D eigenvalue weighted by Crippen LogP contribution is -2.14. The summed E-state index contributed by atoms with van der Waals surface area (Å²) in [5, 5.41) is 13.5. The summed E-state index contributed by atoms with van der Waals surface area (Å²) in [4.78, 5) is 21.4. The molecular formula is C22H16FN3O2S. The van der Waals surface area contributed by atoms with Gasteiger partial charge in [0.25, 0.3) is 0 Å². The zero-order valence-electron chi connectivity index (χ0n) is 15.2. The molecule has 3 aromatic carbocycles. The fraction of sp³-hybridized carbons (Fsp3) is 0.0455. The van der Waals surface area contributed by atoms with Crippen LogP contribution < -0.4 is 5.32 Å². The Morgan fingerprint density at radius 2 is 1.76 bits per heavy atom. The fourth-order valence-electron chi connectivity index (χ4n) is 2.80. The average molecular weight is 405 g/mol. The largest absolute Gasteiger partial charge is 0.506 e. The highest BCUT2D eigenvalue weighted by atomic mass is 32.2. The molecule has 0 radical (unpaired) electrons. The first-order valence-corrected chi connectivity index (χ1v) is 9.82. The minimum Gasteiger partial charge on any atom is -0.506 e. The van der Waals surface area contributed by atoms with E-state index in [0.717, 1.165) is 5.56 Å². The number of phenols is 1. The molecule has 0 aliphatic heterocycles. The molecule has 4 rings (SSSR count). The molecule has 0 unspecified atom stereocenters. The number of amides is 1. The number of aromatic hydroxyl groups is 1. The Bertz CT molecular complexity index is 1190. The first kappa shape index (κ1) is 18.9. The van der Waals surface area contributed by atoms with Crippen LogP contribution in [0.3, 0.4) is 0 Å². The van der Waals surface area contributed by atoms with Crippen molar-refractivity contribution in [1.82, 2.24) is 9.97 Å². The van der Waals surface area contributed by atoms with Crippen molar-refractivity contribution in [3.05, 3.63) is 78.6 Å². The van der Waals surface area contributed by atoms with Crippen molar-refractivity contribution in [2.75, 3.05) is 11.1 Å². The molecule has 144 valence electrons. The fourth-order valence-corrected chi connectivity index (χ4v) is 3.61. The minimum absolute atomic E-state index is 0.00762. The van der Waals surface area contributed by atoms with Crippen molar-refractivity contribution in [3.63, 3.8) is 0 Å². The number of benzene rings is 3. The number of thioether (sulfide) groups is 1. The van der Waals surface area contributed by atoms with Crippen LogP contribution in [-0.4, -0.2) is 26.7 Å². The van der Waals surface area contributed by atoms with Gasteiger partial charge in [0.1, 0.15) is 16.6 Å². The molecule has 1 heterocycles. The summed E-state index contributed by atoms with van der Waals surface area (Å²) < 4.78 is 13.8. The summed E-state index contributed by atoms with van der Waals surface area (Å²) in [6, 6.07) is 20.3. The van der Waals surface area contributed by atoms with Crippen LogP contribution in [0, 0.1) is 5.82 Å². The Balaban J connectivity index is 1.62. The Morgan fingerprint density at radius 1 is 1.00 bits per heavy atom. The Morgan fingerprint density at radius 3 is 2.55 bits per heavy atom. The van der Waals surface area contributed by atoms with Crippen LogP contribution in [0.5, 0.6) is 5.75 Å². The molecule has 1 aromatic heterocycles. The van der Waals surface area contributed by atoms with E-state index in [-0.39, 0.29) is 17.4 Å². The van der Waals surface area contributed by atoms with Crippen LogP contribution >= 0.6 is 11.8 Å². The third-order valence-corrected chi connectivity index (χ3v) is 5.16. The second kappa shape index (κ2) is 8.28. The van der Waals surface area contributed by atoms with Crippen LogP contribution in [-0.2, 0) is 4.79 Å². The van der Waals surface area contributed by atoms with Gasteiger partial charge in [0.15, 0.2) is 5.82 Å². The number of nitrogens with zero attached hydrogens (tertiary/aromatic N) is 2. The monoisotopic (exact) mass is 405 g/mol. The van der Waals surface area contributed by atoms with E-state index in [0.29, 0.717) is 27.4 Å². The van der Waals surface area contributed by atoms with Crippen molar-refractivity contribution in [3.8, 4) is 17.1 Å². The predicted octanol–water partition coefficient (Wildman–Crippen LogP) is 4.87. The molecule has 2 N–H and O–H groups in total. The number of carbonyl (C=O) groups is 1. The van der Waals surface area contributed by atoms with E-state index in [4.69, 9.17) is 0 Å². The molecule has 1 amide bonds. The van der Waals surface area contributed by atoms with Crippen molar-refractivity contribution < 1.29 is 14.3 Å². The van der Waals surface area contributed by atoms with Crippen molar-refractivity contribution >= 4 is 34.3 Å². The number of fused-ring (bicyclic) bond motifs is 1. The van der Waals surface area contributed by atoms with E-state index in [1.54, 1.807) is 24.3 Å². The Labute approximate surface area is 170 Å². The molecule has 0 aliphatic rings. The zero-order valence-corrected chi connectivity index (χ0v) is 16.0. The van der Waals surface area contributed by atoms with Gasteiger partial charge in [-0.1, -0.05) is 54.2 Å². The summed E-state index contributed by atoms with van der Waals surface area (Å²) >= 11 is 1.19. The summed E-state index contributed by atoms with van der Waals surface area (Å²) in [5.41, 5.74) is 1.77. The summed E-state index contributed by atoms with van der Waals surface area (Å²) in [5.74, 6) is -0.152. The van der Waals surface area contributed by atoms with E-state index in [1.165, 1.54) is 30.0 Å². The topological polar surface area (TPSA) is 75.1 Å². The molecule has 4 aromatic rings. The quantitative estimate of drug-likeness (QED) is 0.281. The second-order valence-corrected chi connectivity index (χ2v) is 7.20. The molecule has 0 bridgehead atoms. The van der Waals surface area contributed by atoms with Crippen LogP contribution in [0.25, 0.3) is 22.3 Å². The maximum atomic E-state index is 13.8. The van der Waals surface area contributed by atoms with Gasteiger partial charge in [-0.15, -0.1) is 0 Å². The SMILES string of the molecule is O=C(CSc1nc(-c2ccccc2)nc2ccc(F)cc12)Nc1ccccc1O. The lowest BCUT2D eigenvalue weighted by molar-refractivity contribution is -0.113. The number of phenolic OH excluding ortho intramolecular Hbond substituents is 1. The van der Waals surface area contributed by atoms with Crippen LogP contribution in [0.4, 0.5) is 10.1 Å². The number of aromatic nitrogens is 2. The first-order chi connectivity index (χ1) is 14.1. The Hall–Kier alpha value is -3.45. The minimum atomic E-state index is -0.394. The molecule has 5 nitrogen and oxygen atoms in total. The van der Waals surface area contributed by atoms with Gasteiger partial charge in [-0.05, 0) is 30.3 Å². The van der Waals surface area contributed by atoms with E-state index in [2.05, 4.69) is 15.3 Å². The smallest absolute Gasteiger partial charge is 0.234 e. The van der Waals surface area contributed by atoms with Gasteiger partial charge in [-0.25, -0.2) is 14.4 Å². The number of halogens is 1. The van der Waals surface area contributed by atoms with Gasteiger partial charge < -0.3 is 10.4 Å². The van der Waals surface area contributed by atoms with Crippen LogP contribution in [0.15, 0.2) is 77.8 Å². The number of para-hydroxylation sites is 2. The number of rotatable bonds is 5. The standard InChI is InChI=1S/C22H16FN3O2S/c23-15-10-11-17-16(12-15)22(26-21(25-17)14-6-2-1-3-7-14)29-13-20(28)24-18-8-4-5-9-19(18)27/h1-12,27H,13H2,(H,24,28). The van der Waals surface area contributed by atoms with Gasteiger partial charge in [0.05, 0.1) is 17.0 Å². The lowest BCUT2D eigenvalue weighted by Gasteiger charge is -2.10. The second-order valence-electron chi connectivity index (χ2n) is 6.23. The van der Waals surface area contributed by atoms with Gasteiger partial charge in [-0.3, -0.25) is 4.79 Å². The third kappa shape index (κ3) is 4.35. The lowest BCUT2D eigenvalue weighted by atomic mass is 10.2. The normalized spacial score (nSPS) is 10.8. The van der Waals surface area contributed by atoms with Gasteiger partial charge in [-0.2, -0.15) is 0 Å². The number of anilines is 1. The Kier molecular flexibility index (Phi) is 5.39. The molecule has 0 saturated heterocycles. The van der Waals surface area contributed by atoms with E-state index in [1.807, 2.05) is 30.3 Å². The van der Waals surface area contributed by atoms with Gasteiger partial charge >= 0.3 is 0 Å². The zero-order chi connectivity index (χ0) is 20.2. The maximum absolute atomic E-state index is 13.8. The van der Waals surface area contributed by atoms with Gasteiger partial charge in [0, 0.05) is 10.9 Å². The summed E-state index contributed by atoms with van der Waals surface area (Å²) in [7, 11) is 0. The molecule has 7 heteroatoms.